The molecule has 0 fully saturated rings. The van der Waals surface area contributed by atoms with Crippen LogP contribution in [0.1, 0.15) is 11.4 Å². The molecule has 0 aliphatic heterocycles. The Bertz CT molecular complexity index is 1230. The van der Waals surface area contributed by atoms with Crippen molar-refractivity contribution in [2.45, 2.75) is 11.3 Å². The van der Waals surface area contributed by atoms with Crippen LogP contribution in [0.2, 0.25) is 0 Å². The summed E-state index contributed by atoms with van der Waals surface area (Å²) in [6.45, 7) is 0. The van der Waals surface area contributed by atoms with Gasteiger partial charge in [-0.15, -0.1) is 0 Å². The van der Waals surface area contributed by atoms with Gasteiger partial charge in [-0.05, 0) is 54.1 Å². The molecule has 0 saturated carbocycles. The number of rotatable bonds is 5. The molecule has 5 nitrogen and oxygen atoms in total. The maximum absolute atomic E-state index is 13.3. The fourth-order valence-corrected chi connectivity index (χ4v) is 4.56. The number of benzene rings is 3. The molecule has 0 atom stereocenters. The van der Waals surface area contributed by atoms with Gasteiger partial charge in [0.05, 0.1) is 23.0 Å². The number of imidazole rings is 1. The molecule has 1 heterocycles. The van der Waals surface area contributed by atoms with Crippen molar-refractivity contribution in [1.82, 2.24) is 8.96 Å². The minimum Gasteiger partial charge on any atom is -0.497 e. The Kier molecular flexibility index (Phi) is 4.60. The van der Waals surface area contributed by atoms with E-state index >= 15 is 0 Å². The molecule has 1 aromatic heterocycles. The Morgan fingerprint density at radius 1 is 0.964 bits per heavy atom. The minimum atomic E-state index is -3.94. The van der Waals surface area contributed by atoms with Crippen molar-refractivity contribution in [3.05, 3.63) is 90.0 Å². The third kappa shape index (κ3) is 3.25. The van der Waals surface area contributed by atoms with E-state index in [9.17, 15) is 12.8 Å². The largest absolute Gasteiger partial charge is 0.497 e. The Hall–Kier alpha value is -3.19. The van der Waals surface area contributed by atoms with Gasteiger partial charge in [-0.1, -0.05) is 24.3 Å². The number of para-hydroxylation sites is 2. The first-order valence-corrected chi connectivity index (χ1v) is 10.0. The van der Waals surface area contributed by atoms with E-state index in [1.807, 2.05) is 24.3 Å². The topological polar surface area (TPSA) is 61.2 Å². The van der Waals surface area contributed by atoms with Crippen LogP contribution >= 0.6 is 0 Å². The summed E-state index contributed by atoms with van der Waals surface area (Å²) < 4.78 is 46.3. The summed E-state index contributed by atoms with van der Waals surface area (Å²) in [5.74, 6) is 0.611. The van der Waals surface area contributed by atoms with Crippen LogP contribution in [0.4, 0.5) is 4.39 Å². The Morgan fingerprint density at radius 2 is 1.64 bits per heavy atom. The van der Waals surface area contributed by atoms with Gasteiger partial charge < -0.3 is 4.74 Å². The van der Waals surface area contributed by atoms with Crippen LogP contribution in [0.3, 0.4) is 0 Å². The van der Waals surface area contributed by atoms with Crippen LogP contribution in [-0.4, -0.2) is 24.5 Å². The molecule has 142 valence electrons. The molecular weight excluding hydrogens is 379 g/mol. The highest BCUT2D eigenvalue weighted by atomic mass is 32.2. The summed E-state index contributed by atoms with van der Waals surface area (Å²) in [7, 11) is -2.35. The molecule has 0 amide bonds. The highest BCUT2D eigenvalue weighted by Crippen LogP contribution is 2.25. The molecule has 3 aromatic carbocycles. The van der Waals surface area contributed by atoms with Crippen LogP contribution in [0, 0.1) is 5.82 Å². The third-order valence-corrected chi connectivity index (χ3v) is 6.21. The number of hydrogen-bond donors (Lipinski definition) is 0. The van der Waals surface area contributed by atoms with Gasteiger partial charge in [-0.3, -0.25) is 0 Å². The third-order valence-electron chi connectivity index (χ3n) is 4.46. The van der Waals surface area contributed by atoms with Gasteiger partial charge in [-0.2, -0.15) is 0 Å². The van der Waals surface area contributed by atoms with Crippen LogP contribution < -0.4 is 4.74 Å². The van der Waals surface area contributed by atoms with E-state index < -0.39 is 15.8 Å². The maximum Gasteiger partial charge on any atom is 0.269 e. The van der Waals surface area contributed by atoms with Gasteiger partial charge in [0.2, 0.25) is 0 Å². The number of halogens is 1. The van der Waals surface area contributed by atoms with E-state index in [4.69, 9.17) is 4.74 Å². The van der Waals surface area contributed by atoms with E-state index in [0.717, 1.165) is 23.4 Å². The van der Waals surface area contributed by atoms with Gasteiger partial charge in [0.15, 0.2) is 0 Å². The van der Waals surface area contributed by atoms with Gasteiger partial charge in [-0.25, -0.2) is 21.8 Å². The Labute approximate surface area is 162 Å². The van der Waals surface area contributed by atoms with Crippen molar-refractivity contribution >= 4 is 21.1 Å². The molecule has 0 unspecified atom stereocenters. The molecule has 0 bridgehead atoms. The molecule has 0 radical (unpaired) electrons. The number of ether oxygens (including phenoxy) is 1. The Morgan fingerprint density at radius 3 is 2.32 bits per heavy atom. The van der Waals surface area contributed by atoms with E-state index in [1.54, 1.807) is 31.4 Å². The zero-order valence-corrected chi connectivity index (χ0v) is 15.9. The number of nitrogens with zero attached hydrogens (tertiary/aromatic N) is 2. The predicted octanol–water partition coefficient (Wildman–Crippen LogP) is 4.01. The highest BCUT2D eigenvalue weighted by Gasteiger charge is 2.24. The molecule has 0 saturated heterocycles. The molecule has 4 rings (SSSR count). The summed E-state index contributed by atoms with van der Waals surface area (Å²) in [5.41, 5.74) is 1.96. The lowest BCUT2D eigenvalue weighted by atomic mass is 10.1. The van der Waals surface area contributed by atoms with Crippen LogP contribution in [-0.2, 0) is 16.4 Å². The summed E-state index contributed by atoms with van der Waals surface area (Å²) in [4.78, 5) is 4.55. The van der Waals surface area contributed by atoms with Gasteiger partial charge in [0, 0.05) is 6.42 Å². The molecule has 0 spiro atoms. The minimum absolute atomic E-state index is 0.00744. The standard InChI is InChI=1S/C21H17FN2O3S/c1-27-17-10-6-15(7-11-17)14-21-23-19-4-2-3-5-20(19)24(21)28(25,26)18-12-8-16(22)9-13-18/h2-13H,14H2,1H3. The lowest BCUT2D eigenvalue weighted by Crippen LogP contribution is -2.16. The molecule has 0 aliphatic rings. The van der Waals surface area contributed by atoms with Crippen molar-refractivity contribution in [3.8, 4) is 5.75 Å². The van der Waals surface area contributed by atoms with Gasteiger partial charge in [0.25, 0.3) is 10.0 Å². The zero-order chi connectivity index (χ0) is 19.7. The average molecular weight is 396 g/mol. The zero-order valence-electron chi connectivity index (χ0n) is 15.0. The molecule has 28 heavy (non-hydrogen) atoms. The summed E-state index contributed by atoms with van der Waals surface area (Å²) in [6, 6.07) is 19.2. The first-order valence-electron chi connectivity index (χ1n) is 8.59. The predicted molar refractivity (Wildman–Crippen MR) is 105 cm³/mol. The normalized spacial score (nSPS) is 11.6. The van der Waals surface area contributed by atoms with Crippen molar-refractivity contribution < 1.29 is 17.5 Å². The second kappa shape index (κ2) is 7.09. The summed E-state index contributed by atoms with van der Waals surface area (Å²) in [6.07, 6.45) is 0.319. The van der Waals surface area contributed by atoms with Gasteiger partial charge >= 0.3 is 0 Å². The lowest BCUT2D eigenvalue weighted by molar-refractivity contribution is 0.414. The molecular formula is C21H17FN2O3S. The van der Waals surface area contributed by atoms with Crippen LogP contribution in [0.5, 0.6) is 5.75 Å². The average Bonchev–Trinajstić information content (AvgIpc) is 3.07. The molecule has 4 aromatic rings. The molecule has 0 N–H and O–H groups in total. The van der Waals surface area contributed by atoms with Crippen LogP contribution in [0.15, 0.2) is 77.7 Å². The second-order valence-electron chi connectivity index (χ2n) is 6.26. The number of methoxy groups -OCH3 is 1. The second-order valence-corrected chi connectivity index (χ2v) is 8.05. The quantitative estimate of drug-likeness (QED) is 0.511. The van der Waals surface area contributed by atoms with Crippen LogP contribution in [0.25, 0.3) is 11.0 Å². The first-order chi connectivity index (χ1) is 13.5. The fourth-order valence-electron chi connectivity index (χ4n) is 3.07. The van der Waals surface area contributed by atoms with Gasteiger partial charge in [0.1, 0.15) is 17.4 Å². The Balaban J connectivity index is 1.86. The van der Waals surface area contributed by atoms with Crippen molar-refractivity contribution in [2.24, 2.45) is 0 Å². The van der Waals surface area contributed by atoms with E-state index in [2.05, 4.69) is 4.98 Å². The molecule has 0 aliphatic carbocycles. The number of fused-ring (bicyclic) bond motifs is 1. The van der Waals surface area contributed by atoms with E-state index in [0.29, 0.717) is 23.3 Å². The monoisotopic (exact) mass is 396 g/mol. The smallest absolute Gasteiger partial charge is 0.269 e. The van der Waals surface area contributed by atoms with Crippen molar-refractivity contribution in [2.75, 3.05) is 7.11 Å². The maximum atomic E-state index is 13.3. The summed E-state index contributed by atoms with van der Waals surface area (Å²) in [5, 5.41) is 0. The summed E-state index contributed by atoms with van der Waals surface area (Å²) >= 11 is 0. The van der Waals surface area contributed by atoms with E-state index in [1.165, 1.54) is 16.1 Å². The number of aromatic nitrogens is 2. The van der Waals surface area contributed by atoms with Crippen molar-refractivity contribution in [3.63, 3.8) is 0 Å². The fraction of sp³-hybridized carbons (Fsp3) is 0.0952. The lowest BCUT2D eigenvalue weighted by Gasteiger charge is -2.11. The van der Waals surface area contributed by atoms with Crippen molar-refractivity contribution in [1.29, 1.82) is 0 Å². The SMILES string of the molecule is COc1ccc(Cc2nc3ccccc3n2S(=O)(=O)c2ccc(F)cc2)cc1. The highest BCUT2D eigenvalue weighted by molar-refractivity contribution is 7.90. The number of hydrogen-bond acceptors (Lipinski definition) is 4. The molecule has 7 heteroatoms. The first kappa shape index (κ1) is 18.2. The van der Waals surface area contributed by atoms with E-state index in [-0.39, 0.29) is 4.90 Å².